The highest BCUT2D eigenvalue weighted by molar-refractivity contribution is 7.22. The second-order valence-corrected chi connectivity index (χ2v) is 9.59. The van der Waals surface area contributed by atoms with Gasteiger partial charge in [0.2, 0.25) is 0 Å². The fourth-order valence-electron chi connectivity index (χ4n) is 4.17. The Hall–Kier alpha value is -3.68. The molecule has 1 aliphatic heterocycles. The predicted octanol–water partition coefficient (Wildman–Crippen LogP) is 6.28. The molecule has 6 nitrogen and oxygen atoms in total. The molecule has 0 spiro atoms. The number of fused-ring (bicyclic) bond motifs is 1. The molecular formula is C27H21ClN2O4S. The number of aliphatic hydroxyl groups is 1. The van der Waals surface area contributed by atoms with Crippen LogP contribution in [0, 0.1) is 6.92 Å². The molecule has 1 aromatic heterocycles. The minimum absolute atomic E-state index is 0.0126. The Morgan fingerprint density at radius 1 is 1.11 bits per heavy atom. The number of halogens is 1. The quantitative estimate of drug-likeness (QED) is 0.196. The molecule has 4 aromatic rings. The molecule has 1 fully saturated rings. The highest BCUT2D eigenvalue weighted by Gasteiger charge is 2.48. The van der Waals surface area contributed by atoms with Crippen LogP contribution in [-0.2, 0) is 9.59 Å². The Labute approximate surface area is 211 Å². The first-order valence-corrected chi connectivity index (χ1v) is 12.2. The number of Topliss-reactive ketones (excluding diaryl/α,β-unsaturated/α-hetero) is 1. The molecule has 176 valence electrons. The van der Waals surface area contributed by atoms with Gasteiger partial charge >= 0.3 is 5.91 Å². The number of carbonyl (C=O) groups excluding carboxylic acids is 2. The lowest BCUT2D eigenvalue weighted by atomic mass is 9.95. The largest absolute Gasteiger partial charge is 0.507 e. The van der Waals surface area contributed by atoms with Crippen LogP contribution in [0.5, 0.6) is 5.75 Å². The minimum Gasteiger partial charge on any atom is -0.507 e. The summed E-state index contributed by atoms with van der Waals surface area (Å²) in [7, 11) is 0. The second kappa shape index (κ2) is 9.17. The average molecular weight is 505 g/mol. The van der Waals surface area contributed by atoms with Gasteiger partial charge in [-0.1, -0.05) is 41.1 Å². The summed E-state index contributed by atoms with van der Waals surface area (Å²) in [5, 5.41) is 12.1. The van der Waals surface area contributed by atoms with Gasteiger partial charge in [0.05, 0.1) is 28.4 Å². The summed E-state index contributed by atoms with van der Waals surface area (Å²) in [6.07, 6.45) is 0. The lowest BCUT2D eigenvalue weighted by molar-refractivity contribution is -0.132. The normalized spacial score (nSPS) is 17.3. The zero-order chi connectivity index (χ0) is 24.7. The van der Waals surface area contributed by atoms with Crippen molar-refractivity contribution in [3.63, 3.8) is 0 Å². The summed E-state index contributed by atoms with van der Waals surface area (Å²) in [6.45, 7) is 4.32. The molecule has 2 heterocycles. The molecule has 0 radical (unpaired) electrons. The van der Waals surface area contributed by atoms with E-state index in [1.807, 2.05) is 32.0 Å². The fourth-order valence-corrected chi connectivity index (χ4v) is 5.39. The number of aliphatic hydroxyl groups excluding tert-OH is 1. The Morgan fingerprint density at radius 3 is 2.63 bits per heavy atom. The number of ketones is 1. The molecule has 1 N–H and O–H groups in total. The Kier molecular flexibility index (Phi) is 6.05. The summed E-state index contributed by atoms with van der Waals surface area (Å²) in [5.41, 5.74) is 2.80. The Balaban J connectivity index is 1.72. The molecule has 0 saturated carbocycles. The number of amides is 1. The van der Waals surface area contributed by atoms with Crippen LogP contribution >= 0.6 is 22.9 Å². The molecule has 1 atom stereocenters. The van der Waals surface area contributed by atoms with E-state index in [0.717, 1.165) is 15.8 Å². The van der Waals surface area contributed by atoms with Gasteiger partial charge in [-0.25, -0.2) is 4.98 Å². The predicted molar refractivity (Wildman–Crippen MR) is 138 cm³/mol. The Morgan fingerprint density at radius 2 is 1.89 bits per heavy atom. The zero-order valence-corrected chi connectivity index (χ0v) is 20.6. The van der Waals surface area contributed by atoms with Gasteiger partial charge in [-0.2, -0.15) is 0 Å². The van der Waals surface area contributed by atoms with E-state index >= 15 is 0 Å². The van der Waals surface area contributed by atoms with Crippen molar-refractivity contribution in [1.82, 2.24) is 4.98 Å². The van der Waals surface area contributed by atoms with Gasteiger partial charge in [-0.3, -0.25) is 14.5 Å². The van der Waals surface area contributed by atoms with E-state index in [-0.39, 0.29) is 11.3 Å². The van der Waals surface area contributed by atoms with Crippen LogP contribution in [-0.4, -0.2) is 28.4 Å². The van der Waals surface area contributed by atoms with E-state index in [4.69, 9.17) is 16.3 Å². The van der Waals surface area contributed by atoms with Gasteiger partial charge in [-0.05, 0) is 73.5 Å². The van der Waals surface area contributed by atoms with Crippen molar-refractivity contribution in [2.24, 2.45) is 0 Å². The van der Waals surface area contributed by atoms with Gasteiger partial charge in [-0.15, -0.1) is 0 Å². The van der Waals surface area contributed by atoms with E-state index in [1.54, 1.807) is 48.5 Å². The van der Waals surface area contributed by atoms with Crippen molar-refractivity contribution in [2.45, 2.75) is 19.9 Å². The van der Waals surface area contributed by atoms with E-state index in [9.17, 15) is 14.7 Å². The average Bonchev–Trinajstić information content (AvgIpc) is 3.37. The van der Waals surface area contributed by atoms with E-state index in [1.165, 1.54) is 16.2 Å². The van der Waals surface area contributed by atoms with Crippen molar-refractivity contribution < 1.29 is 19.4 Å². The highest BCUT2D eigenvalue weighted by atomic mass is 35.5. The lowest BCUT2D eigenvalue weighted by Gasteiger charge is -2.23. The van der Waals surface area contributed by atoms with Crippen LogP contribution in [0.4, 0.5) is 5.13 Å². The van der Waals surface area contributed by atoms with Crippen molar-refractivity contribution in [3.05, 3.63) is 94.0 Å². The molecular weight excluding hydrogens is 484 g/mol. The van der Waals surface area contributed by atoms with Crippen molar-refractivity contribution in [2.75, 3.05) is 11.5 Å². The second-order valence-electron chi connectivity index (χ2n) is 8.15. The van der Waals surface area contributed by atoms with Crippen LogP contribution < -0.4 is 9.64 Å². The molecule has 0 aliphatic carbocycles. The smallest absolute Gasteiger partial charge is 0.301 e. The number of carbonyl (C=O) groups is 2. The zero-order valence-electron chi connectivity index (χ0n) is 19.0. The number of ether oxygens (including phenoxy) is 1. The monoisotopic (exact) mass is 504 g/mol. The number of aromatic nitrogens is 1. The van der Waals surface area contributed by atoms with Crippen LogP contribution in [0.3, 0.4) is 0 Å². The summed E-state index contributed by atoms with van der Waals surface area (Å²) in [5.74, 6) is -1.20. The molecule has 1 unspecified atom stereocenters. The standard InChI is InChI=1S/C27H21ClN2O4S/c1-3-34-19-6-4-5-17(14-19)23-22(24(31)16-8-10-18(28)11-9-16)25(32)26(33)30(23)27-29-20-12-7-15(2)13-21(20)35-27/h4-14,23,31H,3H2,1-2H3/b24-22+. The van der Waals surface area contributed by atoms with E-state index in [2.05, 4.69) is 4.98 Å². The van der Waals surface area contributed by atoms with E-state index < -0.39 is 17.7 Å². The third-order valence-electron chi connectivity index (χ3n) is 5.79. The van der Waals surface area contributed by atoms with Crippen molar-refractivity contribution >= 4 is 55.7 Å². The molecule has 1 saturated heterocycles. The molecule has 5 rings (SSSR count). The maximum Gasteiger partial charge on any atom is 0.301 e. The highest BCUT2D eigenvalue weighted by Crippen LogP contribution is 2.45. The van der Waals surface area contributed by atoms with Gasteiger partial charge in [0.15, 0.2) is 5.13 Å². The summed E-state index contributed by atoms with van der Waals surface area (Å²) in [6, 6.07) is 18.6. The summed E-state index contributed by atoms with van der Waals surface area (Å²) in [4.78, 5) is 32.8. The molecule has 8 heteroatoms. The number of hydrogen-bond acceptors (Lipinski definition) is 6. The van der Waals surface area contributed by atoms with Crippen molar-refractivity contribution in [3.8, 4) is 5.75 Å². The van der Waals surface area contributed by atoms with Crippen LogP contribution in [0.15, 0.2) is 72.3 Å². The molecule has 1 amide bonds. The Bertz CT molecular complexity index is 1490. The first kappa shape index (κ1) is 23.1. The third-order valence-corrected chi connectivity index (χ3v) is 7.06. The summed E-state index contributed by atoms with van der Waals surface area (Å²) >= 11 is 7.33. The van der Waals surface area contributed by atoms with Gasteiger partial charge in [0.1, 0.15) is 11.5 Å². The van der Waals surface area contributed by atoms with Crippen molar-refractivity contribution in [1.29, 1.82) is 0 Å². The van der Waals surface area contributed by atoms with Gasteiger partial charge < -0.3 is 9.84 Å². The van der Waals surface area contributed by atoms with E-state index in [0.29, 0.717) is 33.6 Å². The number of hydrogen-bond donors (Lipinski definition) is 1. The lowest BCUT2D eigenvalue weighted by Crippen LogP contribution is -2.29. The van der Waals surface area contributed by atoms with Gasteiger partial charge in [0, 0.05) is 10.6 Å². The van der Waals surface area contributed by atoms with Gasteiger partial charge in [0.25, 0.3) is 5.78 Å². The SMILES string of the molecule is CCOc1cccc(C2/C(=C(\O)c3ccc(Cl)cc3)C(=O)C(=O)N2c2nc3ccc(C)cc3s2)c1. The number of thiazole rings is 1. The number of aryl methyl sites for hydroxylation is 1. The van der Waals surface area contributed by atoms with Crippen LogP contribution in [0.25, 0.3) is 16.0 Å². The minimum atomic E-state index is -0.882. The first-order valence-electron chi connectivity index (χ1n) is 11.0. The fraction of sp³-hybridized carbons (Fsp3) is 0.148. The van der Waals surface area contributed by atoms with Crippen LogP contribution in [0.1, 0.15) is 29.7 Å². The number of anilines is 1. The summed E-state index contributed by atoms with van der Waals surface area (Å²) < 4.78 is 6.56. The molecule has 1 aliphatic rings. The molecule has 35 heavy (non-hydrogen) atoms. The number of benzene rings is 3. The topological polar surface area (TPSA) is 79.7 Å². The maximum absolute atomic E-state index is 13.4. The number of nitrogens with zero attached hydrogens (tertiary/aromatic N) is 2. The first-order chi connectivity index (χ1) is 16.9. The molecule has 3 aromatic carbocycles. The third kappa shape index (κ3) is 4.17. The van der Waals surface area contributed by atoms with Crippen LogP contribution in [0.2, 0.25) is 5.02 Å². The molecule has 0 bridgehead atoms. The maximum atomic E-state index is 13.4. The number of rotatable bonds is 5.